The van der Waals surface area contributed by atoms with Crippen LogP contribution in [-0.4, -0.2) is 56.1 Å². The number of carbonyl (C=O) groups excluding carboxylic acids is 2. The van der Waals surface area contributed by atoms with Crippen LogP contribution in [0.5, 0.6) is 5.75 Å². The van der Waals surface area contributed by atoms with E-state index in [2.05, 4.69) is 5.32 Å². The number of ether oxygens (including phenoxy) is 1. The molecule has 0 saturated carbocycles. The molecule has 1 N–H and O–H groups in total. The summed E-state index contributed by atoms with van der Waals surface area (Å²) in [6.07, 6.45) is 1.98. The van der Waals surface area contributed by atoms with Gasteiger partial charge >= 0.3 is 0 Å². The van der Waals surface area contributed by atoms with E-state index in [-0.39, 0.29) is 37.7 Å². The summed E-state index contributed by atoms with van der Waals surface area (Å²) in [7, 11) is -3.62. The molecule has 0 heterocycles. The predicted molar refractivity (Wildman–Crippen MR) is 153 cm³/mol. The van der Waals surface area contributed by atoms with Crippen LogP contribution in [0.1, 0.15) is 65.0 Å². The van der Waals surface area contributed by atoms with E-state index in [9.17, 15) is 18.0 Å². The van der Waals surface area contributed by atoms with Crippen LogP contribution in [0.3, 0.4) is 0 Å². The van der Waals surface area contributed by atoms with E-state index >= 15 is 0 Å². The van der Waals surface area contributed by atoms with Gasteiger partial charge in [0.05, 0.1) is 18.6 Å². The highest BCUT2D eigenvalue weighted by Gasteiger charge is 2.31. The molecule has 0 bridgehead atoms. The van der Waals surface area contributed by atoms with E-state index in [0.717, 1.165) is 17.4 Å². The monoisotopic (exact) mass is 545 g/mol. The second kappa shape index (κ2) is 13.6. The van der Waals surface area contributed by atoms with Gasteiger partial charge in [0.25, 0.3) is 0 Å². The Kier molecular flexibility index (Phi) is 11.2. The number of nitrogens with zero attached hydrogens (tertiary/aromatic N) is 2. The van der Waals surface area contributed by atoms with Crippen molar-refractivity contribution in [3.63, 3.8) is 0 Å². The summed E-state index contributed by atoms with van der Waals surface area (Å²) in [5.41, 5.74) is 2.04. The molecule has 0 aliphatic rings. The van der Waals surface area contributed by atoms with E-state index in [1.54, 1.807) is 29.2 Å². The van der Waals surface area contributed by atoms with Gasteiger partial charge in [0, 0.05) is 25.0 Å². The van der Waals surface area contributed by atoms with Crippen molar-refractivity contribution in [2.45, 2.75) is 78.9 Å². The summed E-state index contributed by atoms with van der Waals surface area (Å²) in [4.78, 5) is 28.4. The number of aryl methyl sites for hydroxylation is 1. The van der Waals surface area contributed by atoms with Crippen molar-refractivity contribution in [3.8, 4) is 5.75 Å². The third-order valence-corrected chi connectivity index (χ3v) is 7.12. The molecule has 0 unspecified atom stereocenters. The van der Waals surface area contributed by atoms with E-state index in [4.69, 9.17) is 4.74 Å². The Balaban J connectivity index is 2.27. The largest absolute Gasteiger partial charge is 0.492 e. The Hall–Kier alpha value is -3.07. The molecule has 1 atom stereocenters. The topological polar surface area (TPSA) is 96.0 Å². The Morgan fingerprint density at radius 3 is 2.21 bits per heavy atom. The Bertz CT molecular complexity index is 1170. The van der Waals surface area contributed by atoms with Crippen molar-refractivity contribution in [1.82, 2.24) is 10.2 Å². The zero-order chi connectivity index (χ0) is 28.5. The third kappa shape index (κ3) is 9.35. The molecule has 2 rings (SSSR count). The fraction of sp³-hybridized carbons (Fsp3) is 0.517. The second-order valence-electron chi connectivity index (χ2n) is 10.5. The molecule has 2 amide bonds. The van der Waals surface area contributed by atoms with Crippen LogP contribution in [0.2, 0.25) is 0 Å². The number of hydrogen-bond donors (Lipinski definition) is 1. The van der Waals surface area contributed by atoms with E-state index < -0.39 is 21.6 Å². The standard InChI is InChI=1S/C29H43N3O5S/c1-8-24(28(34)30-29(4,5)6)31(21-23-18-16-22(3)17-19-23)27(33)15-12-20-32(38(7,35)36)25-13-10-11-14-26(25)37-9-2/h10-11,13-14,16-19,24H,8-9,12,15,20-21H2,1-7H3,(H,30,34)/t24-/m0/s1. The first kappa shape index (κ1) is 31.1. The van der Waals surface area contributed by atoms with Crippen LogP contribution < -0.4 is 14.4 Å². The van der Waals surface area contributed by atoms with Gasteiger partial charge in [-0.3, -0.25) is 13.9 Å². The number of amides is 2. The lowest BCUT2D eigenvalue weighted by molar-refractivity contribution is -0.142. The van der Waals surface area contributed by atoms with Crippen LogP contribution >= 0.6 is 0 Å². The van der Waals surface area contributed by atoms with Gasteiger partial charge in [-0.05, 0) is 65.2 Å². The van der Waals surface area contributed by atoms with Crippen molar-refractivity contribution >= 4 is 27.5 Å². The summed E-state index contributed by atoms with van der Waals surface area (Å²) in [6, 6.07) is 14.2. The van der Waals surface area contributed by atoms with Gasteiger partial charge in [0.1, 0.15) is 11.8 Å². The molecule has 0 spiro atoms. The Morgan fingerprint density at radius 2 is 1.66 bits per heavy atom. The lowest BCUT2D eigenvalue weighted by Crippen LogP contribution is -2.53. The number of hydrogen-bond acceptors (Lipinski definition) is 5. The normalized spacial score (nSPS) is 12.5. The van der Waals surface area contributed by atoms with E-state index in [1.807, 2.05) is 65.8 Å². The Morgan fingerprint density at radius 1 is 1.03 bits per heavy atom. The molecule has 0 radical (unpaired) electrons. The molecule has 0 aliphatic heterocycles. The molecule has 0 fully saturated rings. The minimum atomic E-state index is -3.62. The van der Waals surface area contributed by atoms with Crippen LogP contribution in [0.25, 0.3) is 0 Å². The van der Waals surface area contributed by atoms with Crippen molar-refractivity contribution in [1.29, 1.82) is 0 Å². The maximum atomic E-state index is 13.6. The first-order valence-corrected chi connectivity index (χ1v) is 15.0. The molecule has 0 aliphatic carbocycles. The summed E-state index contributed by atoms with van der Waals surface area (Å²) in [5, 5.41) is 3.00. The summed E-state index contributed by atoms with van der Waals surface area (Å²) < 4.78 is 32.2. The van der Waals surface area contributed by atoms with Crippen molar-refractivity contribution in [3.05, 3.63) is 59.7 Å². The highest BCUT2D eigenvalue weighted by molar-refractivity contribution is 7.92. The molecule has 2 aromatic carbocycles. The van der Waals surface area contributed by atoms with E-state index in [0.29, 0.717) is 24.5 Å². The van der Waals surface area contributed by atoms with Crippen molar-refractivity contribution in [2.75, 3.05) is 23.7 Å². The van der Waals surface area contributed by atoms with Gasteiger partial charge in [-0.15, -0.1) is 0 Å². The average Bonchev–Trinajstić information content (AvgIpc) is 2.82. The maximum absolute atomic E-state index is 13.6. The summed E-state index contributed by atoms with van der Waals surface area (Å²) in [5.74, 6) is 0.0644. The number of anilines is 1. The summed E-state index contributed by atoms with van der Waals surface area (Å²) in [6.45, 7) is 12.2. The van der Waals surface area contributed by atoms with Gasteiger partial charge in [-0.2, -0.15) is 0 Å². The third-order valence-electron chi connectivity index (χ3n) is 5.94. The molecular formula is C29H43N3O5S. The van der Waals surface area contributed by atoms with Gasteiger partial charge in [-0.25, -0.2) is 8.42 Å². The smallest absolute Gasteiger partial charge is 0.243 e. The molecule has 2 aromatic rings. The lowest BCUT2D eigenvalue weighted by atomic mass is 10.0. The second-order valence-corrected chi connectivity index (χ2v) is 12.4. The van der Waals surface area contributed by atoms with Crippen molar-refractivity contribution in [2.24, 2.45) is 0 Å². The number of para-hydroxylation sites is 2. The SMILES string of the molecule is CCOc1ccccc1N(CCCC(=O)N(Cc1ccc(C)cc1)[C@@H](CC)C(=O)NC(C)(C)C)S(C)(=O)=O. The van der Waals surface area contributed by atoms with Gasteiger partial charge in [0.2, 0.25) is 21.8 Å². The number of nitrogens with one attached hydrogen (secondary N) is 1. The van der Waals surface area contributed by atoms with Gasteiger partial charge in [-0.1, -0.05) is 48.9 Å². The predicted octanol–water partition coefficient (Wildman–Crippen LogP) is 4.66. The van der Waals surface area contributed by atoms with Crippen molar-refractivity contribution < 1.29 is 22.7 Å². The van der Waals surface area contributed by atoms with Crippen LogP contribution in [0.4, 0.5) is 5.69 Å². The van der Waals surface area contributed by atoms with Crippen LogP contribution in [0, 0.1) is 6.92 Å². The molecule has 38 heavy (non-hydrogen) atoms. The Labute approximate surface area is 228 Å². The minimum absolute atomic E-state index is 0.0913. The number of benzene rings is 2. The highest BCUT2D eigenvalue weighted by Crippen LogP contribution is 2.30. The van der Waals surface area contributed by atoms with Gasteiger partial charge in [0.15, 0.2) is 0 Å². The molecule has 9 heteroatoms. The number of carbonyl (C=O) groups is 2. The number of sulfonamides is 1. The molecule has 8 nitrogen and oxygen atoms in total. The summed E-state index contributed by atoms with van der Waals surface area (Å²) >= 11 is 0. The minimum Gasteiger partial charge on any atom is -0.492 e. The molecule has 0 aromatic heterocycles. The molecule has 210 valence electrons. The van der Waals surface area contributed by atoms with Crippen LogP contribution in [0.15, 0.2) is 48.5 Å². The molecular weight excluding hydrogens is 502 g/mol. The van der Waals surface area contributed by atoms with E-state index in [1.165, 1.54) is 4.31 Å². The number of rotatable bonds is 13. The average molecular weight is 546 g/mol. The first-order chi connectivity index (χ1) is 17.8. The highest BCUT2D eigenvalue weighted by atomic mass is 32.2. The fourth-order valence-corrected chi connectivity index (χ4v) is 5.15. The first-order valence-electron chi connectivity index (χ1n) is 13.1. The molecule has 0 saturated heterocycles. The lowest BCUT2D eigenvalue weighted by Gasteiger charge is -2.33. The fourth-order valence-electron chi connectivity index (χ4n) is 4.19. The van der Waals surface area contributed by atoms with Gasteiger partial charge < -0.3 is 15.0 Å². The zero-order valence-corrected chi connectivity index (χ0v) is 24.6. The zero-order valence-electron chi connectivity index (χ0n) is 23.8. The maximum Gasteiger partial charge on any atom is 0.243 e. The van der Waals surface area contributed by atoms with Crippen LogP contribution in [-0.2, 0) is 26.2 Å². The quantitative estimate of drug-likeness (QED) is 0.395.